The van der Waals surface area contributed by atoms with Crippen LogP contribution in [-0.2, 0) is 16.0 Å². The lowest BCUT2D eigenvalue weighted by Gasteiger charge is -2.16. The van der Waals surface area contributed by atoms with Crippen molar-refractivity contribution in [1.29, 1.82) is 0 Å². The Morgan fingerprint density at radius 3 is 2.91 bits per heavy atom. The fourth-order valence-electron chi connectivity index (χ4n) is 2.95. The zero-order chi connectivity index (χ0) is 15.9. The summed E-state index contributed by atoms with van der Waals surface area (Å²) in [6.45, 7) is 1.70. The summed E-state index contributed by atoms with van der Waals surface area (Å²) in [6, 6.07) is 5.04. The van der Waals surface area contributed by atoms with E-state index in [1.165, 1.54) is 6.92 Å². The molecule has 2 heterocycles. The summed E-state index contributed by atoms with van der Waals surface area (Å²) in [5, 5.41) is 2.67. The van der Waals surface area contributed by atoms with Crippen LogP contribution in [0.4, 0.5) is 10.5 Å². The van der Waals surface area contributed by atoms with Crippen molar-refractivity contribution in [3.63, 3.8) is 0 Å². The van der Waals surface area contributed by atoms with Crippen LogP contribution >= 0.6 is 11.6 Å². The smallest absolute Gasteiger partial charge is 0.415 e. The maximum absolute atomic E-state index is 12.1. The lowest BCUT2D eigenvalue weighted by molar-refractivity contribution is -0.119. The Labute approximate surface area is 132 Å². The predicted octanol–water partition coefficient (Wildman–Crippen LogP) is 1.49. The number of rotatable bonds is 4. The van der Waals surface area contributed by atoms with E-state index in [0.717, 1.165) is 11.3 Å². The standard InChI is InChI=1S/C15H15ClN2O4/c1-8(19)17-7-14-12-5-10-4-9(13(20)6-16)2-3-11(10)18(12)15(21)22-14/h2-4,12,14H,5-7H2,1H3,(H,17,19)/t12-,14-/m1/s1. The van der Waals surface area contributed by atoms with Crippen LogP contribution in [0.25, 0.3) is 0 Å². The number of carbonyl (C=O) groups is 3. The number of hydrogen-bond donors (Lipinski definition) is 1. The highest BCUT2D eigenvalue weighted by Crippen LogP contribution is 2.39. The van der Waals surface area contributed by atoms with Gasteiger partial charge < -0.3 is 10.1 Å². The Kier molecular flexibility index (Phi) is 3.78. The minimum absolute atomic E-state index is 0.0703. The maximum Gasteiger partial charge on any atom is 0.415 e. The third-order valence-electron chi connectivity index (χ3n) is 3.97. The number of carbonyl (C=O) groups excluding carboxylic acids is 3. The summed E-state index contributed by atoms with van der Waals surface area (Å²) in [4.78, 5) is 36.4. The minimum atomic E-state index is -0.421. The molecule has 22 heavy (non-hydrogen) atoms. The average Bonchev–Trinajstić information content (AvgIpc) is 3.01. The number of ketones is 1. The van der Waals surface area contributed by atoms with Crippen molar-refractivity contribution in [1.82, 2.24) is 5.32 Å². The number of fused-ring (bicyclic) bond motifs is 3. The van der Waals surface area contributed by atoms with Gasteiger partial charge in [0, 0.05) is 12.5 Å². The molecule has 7 heteroatoms. The second-order valence-corrected chi connectivity index (χ2v) is 5.67. The molecule has 0 aliphatic carbocycles. The van der Waals surface area contributed by atoms with E-state index in [-0.39, 0.29) is 30.2 Å². The summed E-state index contributed by atoms with van der Waals surface area (Å²) in [7, 11) is 0. The summed E-state index contributed by atoms with van der Waals surface area (Å²) >= 11 is 5.58. The molecule has 116 valence electrons. The Hall–Kier alpha value is -2.08. The zero-order valence-corrected chi connectivity index (χ0v) is 12.7. The number of nitrogens with zero attached hydrogens (tertiary/aromatic N) is 1. The van der Waals surface area contributed by atoms with Crippen molar-refractivity contribution >= 4 is 35.1 Å². The molecule has 3 rings (SSSR count). The molecule has 2 aliphatic heterocycles. The predicted molar refractivity (Wildman–Crippen MR) is 80.4 cm³/mol. The molecular formula is C15H15ClN2O4. The van der Waals surface area contributed by atoms with Crippen LogP contribution in [0.3, 0.4) is 0 Å². The number of hydrogen-bond acceptors (Lipinski definition) is 4. The van der Waals surface area contributed by atoms with Gasteiger partial charge in [-0.1, -0.05) is 0 Å². The van der Waals surface area contributed by atoms with Crippen LogP contribution in [-0.4, -0.2) is 42.4 Å². The van der Waals surface area contributed by atoms with E-state index in [4.69, 9.17) is 16.3 Å². The fraction of sp³-hybridized carbons (Fsp3) is 0.400. The molecule has 0 bridgehead atoms. The van der Waals surface area contributed by atoms with Crippen LogP contribution in [0.5, 0.6) is 0 Å². The largest absolute Gasteiger partial charge is 0.442 e. The molecule has 0 saturated carbocycles. The number of Topliss-reactive ketones (excluding diaryl/α,β-unsaturated/α-hetero) is 1. The Balaban J connectivity index is 1.84. The first-order chi connectivity index (χ1) is 10.5. The Morgan fingerprint density at radius 2 is 2.23 bits per heavy atom. The molecule has 0 aromatic heterocycles. The number of nitrogens with one attached hydrogen (secondary N) is 1. The third kappa shape index (κ3) is 2.43. The third-order valence-corrected chi connectivity index (χ3v) is 4.22. The number of anilines is 1. The Bertz CT molecular complexity index is 661. The highest BCUT2D eigenvalue weighted by atomic mass is 35.5. The van der Waals surface area contributed by atoms with Gasteiger partial charge in [-0.25, -0.2) is 4.79 Å². The molecule has 1 N–H and O–H groups in total. The van der Waals surface area contributed by atoms with Gasteiger partial charge in [0.15, 0.2) is 5.78 Å². The first-order valence-electron chi connectivity index (χ1n) is 6.97. The van der Waals surface area contributed by atoms with Gasteiger partial charge in [-0.2, -0.15) is 0 Å². The number of amides is 2. The Morgan fingerprint density at radius 1 is 1.45 bits per heavy atom. The van der Waals surface area contributed by atoms with Gasteiger partial charge >= 0.3 is 6.09 Å². The van der Waals surface area contributed by atoms with Crippen molar-refractivity contribution in [3.05, 3.63) is 29.3 Å². The molecule has 1 saturated heterocycles. The molecule has 6 nitrogen and oxygen atoms in total. The number of benzene rings is 1. The van der Waals surface area contributed by atoms with E-state index < -0.39 is 12.2 Å². The summed E-state index contributed by atoms with van der Waals surface area (Å²) in [5.74, 6) is -0.382. The number of alkyl halides is 1. The molecule has 2 amide bonds. The van der Waals surface area contributed by atoms with E-state index >= 15 is 0 Å². The SMILES string of the molecule is CC(=O)NC[C@H]1OC(=O)N2c3ccc(C(=O)CCl)cc3C[C@H]12. The van der Waals surface area contributed by atoms with Gasteiger partial charge in [-0.3, -0.25) is 14.5 Å². The van der Waals surface area contributed by atoms with Crippen molar-refractivity contribution < 1.29 is 19.1 Å². The molecule has 1 fully saturated rings. The van der Waals surface area contributed by atoms with Crippen molar-refractivity contribution in [2.45, 2.75) is 25.5 Å². The number of halogens is 1. The fourth-order valence-corrected chi connectivity index (χ4v) is 3.10. The summed E-state index contributed by atoms with van der Waals surface area (Å²) in [6.07, 6.45) is -0.221. The quantitative estimate of drug-likeness (QED) is 0.673. The highest BCUT2D eigenvalue weighted by molar-refractivity contribution is 6.30. The monoisotopic (exact) mass is 322 g/mol. The summed E-state index contributed by atoms with van der Waals surface area (Å²) in [5.41, 5.74) is 2.22. The first-order valence-corrected chi connectivity index (χ1v) is 7.51. The maximum atomic E-state index is 12.1. The normalized spacial score (nSPS) is 22.1. The second kappa shape index (κ2) is 5.61. The highest BCUT2D eigenvalue weighted by Gasteiger charge is 2.47. The van der Waals surface area contributed by atoms with Crippen molar-refractivity contribution in [2.75, 3.05) is 17.3 Å². The van der Waals surface area contributed by atoms with Gasteiger partial charge in [0.05, 0.1) is 24.2 Å². The van der Waals surface area contributed by atoms with E-state index in [2.05, 4.69) is 5.32 Å². The lowest BCUT2D eigenvalue weighted by atomic mass is 10.0. The molecule has 0 spiro atoms. The molecular weight excluding hydrogens is 308 g/mol. The minimum Gasteiger partial charge on any atom is -0.442 e. The topological polar surface area (TPSA) is 75.7 Å². The second-order valence-electron chi connectivity index (χ2n) is 5.40. The van der Waals surface area contributed by atoms with Gasteiger partial charge in [0.25, 0.3) is 0 Å². The van der Waals surface area contributed by atoms with E-state index in [1.54, 1.807) is 23.1 Å². The molecule has 2 aliphatic rings. The molecule has 0 radical (unpaired) electrons. The lowest BCUT2D eigenvalue weighted by Crippen LogP contribution is -2.40. The van der Waals surface area contributed by atoms with Crippen molar-refractivity contribution in [3.8, 4) is 0 Å². The van der Waals surface area contributed by atoms with Crippen LogP contribution in [0.2, 0.25) is 0 Å². The van der Waals surface area contributed by atoms with E-state index in [0.29, 0.717) is 12.0 Å². The average molecular weight is 323 g/mol. The van der Waals surface area contributed by atoms with E-state index in [9.17, 15) is 14.4 Å². The van der Waals surface area contributed by atoms with Gasteiger partial charge in [0.2, 0.25) is 5.91 Å². The van der Waals surface area contributed by atoms with E-state index in [1.807, 2.05) is 0 Å². The van der Waals surface area contributed by atoms with Crippen LogP contribution in [0.15, 0.2) is 18.2 Å². The van der Waals surface area contributed by atoms with Gasteiger partial charge in [0.1, 0.15) is 6.10 Å². The van der Waals surface area contributed by atoms with Crippen LogP contribution < -0.4 is 10.2 Å². The molecule has 1 aromatic rings. The van der Waals surface area contributed by atoms with Gasteiger partial charge in [-0.05, 0) is 30.2 Å². The van der Waals surface area contributed by atoms with Crippen LogP contribution in [0, 0.1) is 0 Å². The summed E-state index contributed by atoms with van der Waals surface area (Å²) < 4.78 is 5.32. The molecule has 0 unspecified atom stereocenters. The van der Waals surface area contributed by atoms with Gasteiger partial charge in [-0.15, -0.1) is 11.6 Å². The van der Waals surface area contributed by atoms with Crippen LogP contribution in [0.1, 0.15) is 22.8 Å². The number of cyclic esters (lactones) is 1. The number of ether oxygens (including phenoxy) is 1. The molecule has 2 atom stereocenters. The van der Waals surface area contributed by atoms with Crippen molar-refractivity contribution in [2.24, 2.45) is 0 Å². The molecule has 1 aromatic carbocycles. The zero-order valence-electron chi connectivity index (χ0n) is 12.0. The first kappa shape index (κ1) is 14.8.